The first-order valence-electron chi connectivity index (χ1n) is 5.76. The van der Waals surface area contributed by atoms with E-state index in [1.807, 2.05) is 26.3 Å². The zero-order chi connectivity index (χ0) is 13.3. The zero-order valence-corrected chi connectivity index (χ0v) is 12.9. The van der Waals surface area contributed by atoms with E-state index in [2.05, 4.69) is 4.98 Å². The molecule has 0 aliphatic heterocycles. The molecule has 0 aromatic carbocycles. The van der Waals surface area contributed by atoms with Crippen LogP contribution in [0.5, 0.6) is 0 Å². The number of halogens is 2. The lowest BCUT2D eigenvalue weighted by atomic mass is 10.1. The maximum absolute atomic E-state index is 14.1. The number of hydrogen-bond donors (Lipinski definition) is 0. The van der Waals surface area contributed by atoms with E-state index >= 15 is 0 Å². The highest BCUT2D eigenvalue weighted by molar-refractivity contribution is 7.10. The fourth-order valence-electron chi connectivity index (χ4n) is 1.79. The van der Waals surface area contributed by atoms with Gasteiger partial charge in [0, 0.05) is 0 Å². The summed E-state index contributed by atoms with van der Waals surface area (Å²) in [6, 6.07) is 0. The molecule has 2 nitrogen and oxygen atoms in total. The molecule has 2 rings (SSSR count). The molecule has 1 atom stereocenters. The van der Waals surface area contributed by atoms with Crippen molar-refractivity contribution in [3.05, 3.63) is 31.9 Å². The highest BCUT2D eigenvalue weighted by Gasteiger charge is 2.25. The second-order valence-corrected chi connectivity index (χ2v) is 6.72. The van der Waals surface area contributed by atoms with Gasteiger partial charge in [0.15, 0.2) is 6.54 Å². The Labute approximate surface area is 119 Å². The van der Waals surface area contributed by atoms with Crippen LogP contribution in [0, 0.1) is 5.95 Å². The molecule has 0 fully saturated rings. The highest BCUT2D eigenvalue weighted by atomic mass is 35.5. The molecular formula is C12H15ClFN2S2+. The molecule has 0 aliphatic rings. The first kappa shape index (κ1) is 13.9. The van der Waals surface area contributed by atoms with Gasteiger partial charge in [-0.25, -0.2) is 4.98 Å². The molecule has 2 aromatic rings. The Morgan fingerprint density at radius 3 is 2.56 bits per heavy atom. The largest absolute Gasteiger partial charge is 0.373 e. The highest BCUT2D eigenvalue weighted by Crippen LogP contribution is 2.28. The van der Waals surface area contributed by atoms with Gasteiger partial charge in [-0.2, -0.15) is 4.57 Å². The molecule has 0 saturated carbocycles. The summed E-state index contributed by atoms with van der Waals surface area (Å²) in [6.07, 6.45) is 0. The van der Waals surface area contributed by atoms with Crippen LogP contribution in [-0.2, 0) is 6.54 Å². The van der Waals surface area contributed by atoms with Gasteiger partial charge in [-0.15, -0.1) is 15.7 Å². The Morgan fingerprint density at radius 1 is 1.33 bits per heavy atom. The normalized spacial score (nSPS) is 13.2. The number of nitrogens with zero attached hydrogens (tertiary/aromatic N) is 2. The van der Waals surface area contributed by atoms with Gasteiger partial charge in [-0.05, 0) is 5.92 Å². The summed E-state index contributed by atoms with van der Waals surface area (Å²) >= 11 is 8.99. The van der Waals surface area contributed by atoms with E-state index in [1.54, 1.807) is 10.1 Å². The molecule has 6 heteroatoms. The van der Waals surface area contributed by atoms with E-state index in [4.69, 9.17) is 11.6 Å². The minimum Gasteiger partial charge on any atom is -0.233 e. The summed E-state index contributed by atoms with van der Waals surface area (Å²) in [6.45, 7) is 6.64. The van der Waals surface area contributed by atoms with E-state index in [0.29, 0.717) is 11.7 Å². The maximum atomic E-state index is 14.1. The van der Waals surface area contributed by atoms with Gasteiger partial charge in [0.25, 0.3) is 0 Å². The van der Waals surface area contributed by atoms with Crippen molar-refractivity contribution in [2.24, 2.45) is 0 Å². The molecule has 2 aromatic heterocycles. The molecule has 2 heterocycles. The first-order chi connectivity index (χ1) is 8.50. The van der Waals surface area contributed by atoms with Crippen molar-refractivity contribution in [2.45, 2.75) is 39.2 Å². The van der Waals surface area contributed by atoms with Crippen molar-refractivity contribution in [2.75, 3.05) is 0 Å². The van der Waals surface area contributed by atoms with E-state index < -0.39 is 0 Å². The molecule has 0 amide bonds. The summed E-state index contributed by atoms with van der Waals surface area (Å²) in [7, 11) is 0. The first-order valence-corrected chi connectivity index (χ1v) is 7.89. The van der Waals surface area contributed by atoms with Gasteiger partial charge < -0.3 is 0 Å². The maximum Gasteiger partial charge on any atom is 0.373 e. The van der Waals surface area contributed by atoms with Crippen LogP contribution in [0.4, 0.5) is 4.39 Å². The quantitative estimate of drug-likeness (QED) is 0.773. The smallest absolute Gasteiger partial charge is 0.233 e. The third kappa shape index (κ3) is 2.73. The van der Waals surface area contributed by atoms with Crippen LogP contribution in [0.2, 0.25) is 5.15 Å². The molecular weight excluding hydrogens is 291 g/mol. The summed E-state index contributed by atoms with van der Waals surface area (Å²) in [5.41, 5.74) is 3.57. The summed E-state index contributed by atoms with van der Waals surface area (Å²) in [4.78, 5) is 5.84. The summed E-state index contributed by atoms with van der Waals surface area (Å²) < 4.78 is 15.8. The average Bonchev–Trinajstić information content (AvgIpc) is 2.86. The molecule has 0 aliphatic carbocycles. The summed E-state index contributed by atoms with van der Waals surface area (Å²) in [5, 5.41) is 0.535. The van der Waals surface area contributed by atoms with Crippen LogP contribution < -0.4 is 4.57 Å². The van der Waals surface area contributed by atoms with Crippen molar-refractivity contribution in [1.82, 2.24) is 4.98 Å². The molecule has 0 saturated heterocycles. The molecule has 0 bridgehead atoms. The van der Waals surface area contributed by atoms with Crippen LogP contribution in [-0.4, -0.2) is 4.98 Å². The molecule has 0 spiro atoms. The van der Waals surface area contributed by atoms with E-state index in [1.165, 1.54) is 22.7 Å². The predicted octanol–water partition coefficient (Wildman–Crippen LogP) is 4.21. The van der Waals surface area contributed by atoms with Crippen molar-refractivity contribution in [1.29, 1.82) is 0 Å². The lowest BCUT2D eigenvalue weighted by Crippen LogP contribution is -2.37. The lowest BCUT2D eigenvalue weighted by molar-refractivity contribution is -0.721. The van der Waals surface area contributed by atoms with E-state index in [9.17, 15) is 4.39 Å². The van der Waals surface area contributed by atoms with Crippen molar-refractivity contribution in [3.8, 4) is 0 Å². The van der Waals surface area contributed by atoms with Crippen molar-refractivity contribution >= 4 is 34.3 Å². The molecule has 0 N–H and O–H groups in total. The monoisotopic (exact) mass is 305 g/mol. The average molecular weight is 306 g/mol. The molecule has 0 radical (unpaired) electrons. The number of thiazole rings is 2. The Balaban J connectivity index is 2.17. The topological polar surface area (TPSA) is 16.8 Å². The van der Waals surface area contributed by atoms with Gasteiger partial charge in [0.05, 0.1) is 16.3 Å². The number of aromatic nitrogens is 2. The fraction of sp³-hybridized carbons (Fsp3) is 0.500. The Kier molecular flexibility index (Phi) is 4.35. The SMILES string of the molecule is CC(C)c1sc[n+](CC(C)c2scnc2Cl)c1F. The standard InChI is InChI=1S/C12H15ClFN2S2/c1-7(2)9-12(14)16(6-18-9)4-8(3)10-11(13)15-5-17-10/h5-8H,4H2,1-3H3/q+1. The van der Waals surface area contributed by atoms with E-state index in [-0.39, 0.29) is 17.8 Å². The summed E-state index contributed by atoms with van der Waals surface area (Å²) in [5.74, 6) is 0.264. The number of hydrogen-bond acceptors (Lipinski definition) is 3. The van der Waals surface area contributed by atoms with Gasteiger partial charge in [-0.3, -0.25) is 0 Å². The zero-order valence-electron chi connectivity index (χ0n) is 10.5. The van der Waals surface area contributed by atoms with Crippen LogP contribution in [0.3, 0.4) is 0 Å². The lowest BCUT2D eigenvalue weighted by Gasteiger charge is -2.04. The second-order valence-electron chi connectivity index (χ2n) is 4.59. The van der Waals surface area contributed by atoms with Crippen molar-refractivity contribution in [3.63, 3.8) is 0 Å². The van der Waals surface area contributed by atoms with Crippen molar-refractivity contribution < 1.29 is 8.96 Å². The molecule has 18 heavy (non-hydrogen) atoms. The Bertz CT molecular complexity index is 536. The van der Waals surface area contributed by atoms with Gasteiger partial charge >= 0.3 is 5.95 Å². The van der Waals surface area contributed by atoms with Gasteiger partial charge in [-0.1, -0.05) is 43.7 Å². The Hall–Kier alpha value is -0.520. The third-order valence-corrected chi connectivity index (χ3v) is 5.48. The van der Waals surface area contributed by atoms with Crippen LogP contribution >= 0.6 is 34.3 Å². The molecule has 1 unspecified atom stereocenters. The predicted molar refractivity (Wildman–Crippen MR) is 74.1 cm³/mol. The van der Waals surface area contributed by atoms with Crippen LogP contribution in [0.15, 0.2) is 11.0 Å². The Morgan fingerprint density at radius 2 is 2.06 bits per heavy atom. The molecule has 98 valence electrons. The van der Waals surface area contributed by atoms with Crippen LogP contribution in [0.25, 0.3) is 0 Å². The van der Waals surface area contributed by atoms with Gasteiger partial charge in [0.2, 0.25) is 5.51 Å². The van der Waals surface area contributed by atoms with E-state index in [0.717, 1.165) is 9.75 Å². The number of rotatable bonds is 4. The minimum atomic E-state index is -0.123. The second kappa shape index (κ2) is 5.63. The minimum absolute atomic E-state index is 0.123. The van der Waals surface area contributed by atoms with Crippen LogP contribution in [0.1, 0.15) is 42.4 Å². The fourth-order valence-corrected chi connectivity index (χ4v) is 3.85. The van der Waals surface area contributed by atoms with Gasteiger partial charge in [0.1, 0.15) is 10.0 Å². The third-order valence-electron chi connectivity index (χ3n) is 2.75.